The van der Waals surface area contributed by atoms with E-state index in [0.717, 1.165) is 0 Å². The molecule has 63 valence electrons. The summed E-state index contributed by atoms with van der Waals surface area (Å²) in [5.74, 6) is -2.38. The van der Waals surface area contributed by atoms with Crippen molar-refractivity contribution in [3.8, 4) is 11.5 Å². The molecule has 0 spiro atoms. The van der Waals surface area contributed by atoms with Crippen LogP contribution in [0, 0.1) is 18.6 Å². The van der Waals surface area contributed by atoms with Crippen molar-refractivity contribution in [3.63, 3.8) is 0 Å². The van der Waals surface area contributed by atoms with Crippen LogP contribution in [0.2, 0.25) is 0 Å². The van der Waals surface area contributed by atoms with E-state index in [1.54, 1.807) is 0 Å². The highest BCUT2D eigenvalue weighted by molar-refractivity contribution is 5.45. The third kappa shape index (κ3) is 0.841. The van der Waals surface area contributed by atoms with E-state index in [2.05, 4.69) is 6.92 Å². The highest BCUT2D eigenvalue weighted by atomic mass is 19.2. The Hall–Kier alpha value is -1.32. The van der Waals surface area contributed by atoms with Crippen molar-refractivity contribution in [2.75, 3.05) is 6.79 Å². The van der Waals surface area contributed by atoms with E-state index in [4.69, 9.17) is 9.47 Å². The minimum absolute atomic E-state index is 0.154. The van der Waals surface area contributed by atoms with Crippen LogP contribution in [0.5, 0.6) is 11.5 Å². The standard InChI is InChI=1S/C8H5F2O2/c1-4-2-5-6(9)7(10)8(4)12-3-11-5/h2H,1,3H2. The molecule has 3 rings (SSSR count). The number of ether oxygens (including phenoxy) is 2. The molecule has 2 heterocycles. The molecule has 0 fully saturated rings. The van der Waals surface area contributed by atoms with Gasteiger partial charge in [-0.05, 0) is 13.0 Å². The van der Waals surface area contributed by atoms with Crippen LogP contribution in [0.15, 0.2) is 6.07 Å². The van der Waals surface area contributed by atoms with Gasteiger partial charge in [0, 0.05) is 5.56 Å². The molecular formula is C8H5F2O2. The molecule has 2 aliphatic rings. The van der Waals surface area contributed by atoms with Crippen LogP contribution in [0.25, 0.3) is 0 Å². The van der Waals surface area contributed by atoms with Crippen LogP contribution >= 0.6 is 0 Å². The third-order valence-corrected chi connectivity index (χ3v) is 1.62. The maximum Gasteiger partial charge on any atom is 0.231 e. The Morgan fingerprint density at radius 2 is 2.00 bits per heavy atom. The molecule has 0 amide bonds. The molecule has 0 saturated heterocycles. The van der Waals surface area contributed by atoms with Crippen molar-refractivity contribution in [3.05, 3.63) is 30.2 Å². The Labute approximate surface area is 67.7 Å². The minimum atomic E-state index is -1.03. The molecule has 0 aliphatic carbocycles. The van der Waals surface area contributed by atoms with Crippen molar-refractivity contribution in [1.82, 2.24) is 0 Å². The maximum absolute atomic E-state index is 12.9. The van der Waals surface area contributed by atoms with Gasteiger partial charge >= 0.3 is 0 Å². The fraction of sp³-hybridized carbons (Fsp3) is 0.125. The number of fused-ring (bicyclic) bond motifs is 4. The molecule has 0 N–H and O–H groups in total. The molecule has 1 radical (unpaired) electrons. The number of rotatable bonds is 0. The van der Waals surface area contributed by atoms with E-state index in [0.29, 0.717) is 5.56 Å². The second-order valence-electron chi connectivity index (χ2n) is 2.40. The van der Waals surface area contributed by atoms with Crippen LogP contribution < -0.4 is 9.47 Å². The van der Waals surface area contributed by atoms with Crippen LogP contribution in [0.4, 0.5) is 8.78 Å². The van der Waals surface area contributed by atoms with Crippen molar-refractivity contribution in [2.24, 2.45) is 0 Å². The summed E-state index contributed by atoms with van der Waals surface area (Å²) in [6.07, 6.45) is 0. The first-order valence-electron chi connectivity index (χ1n) is 3.29. The number of hydrogen-bond acceptors (Lipinski definition) is 2. The average molecular weight is 171 g/mol. The Bertz CT molecular complexity index is 336. The van der Waals surface area contributed by atoms with Gasteiger partial charge in [0.15, 0.2) is 11.5 Å². The second kappa shape index (κ2) is 2.33. The molecule has 2 nitrogen and oxygen atoms in total. The summed E-state index contributed by atoms with van der Waals surface area (Å²) in [5, 5.41) is 0. The summed E-state index contributed by atoms with van der Waals surface area (Å²) in [7, 11) is 0. The van der Waals surface area contributed by atoms with Crippen molar-refractivity contribution < 1.29 is 18.3 Å². The summed E-state index contributed by atoms with van der Waals surface area (Å²) in [5.41, 5.74) is 0.293. The van der Waals surface area contributed by atoms with Crippen molar-refractivity contribution in [1.29, 1.82) is 0 Å². The topological polar surface area (TPSA) is 18.5 Å². The number of halogens is 2. The van der Waals surface area contributed by atoms with Gasteiger partial charge in [-0.25, -0.2) is 0 Å². The lowest BCUT2D eigenvalue weighted by atomic mass is 10.2. The largest absolute Gasteiger partial charge is 0.454 e. The second-order valence-corrected chi connectivity index (χ2v) is 2.40. The van der Waals surface area contributed by atoms with E-state index in [1.807, 2.05) is 0 Å². The van der Waals surface area contributed by atoms with Gasteiger partial charge in [0.05, 0.1) is 0 Å². The predicted octanol–water partition coefficient (Wildman–Crippen LogP) is 1.88. The summed E-state index contributed by atoms with van der Waals surface area (Å²) in [4.78, 5) is 0. The van der Waals surface area contributed by atoms with Crippen LogP contribution in [-0.2, 0) is 0 Å². The van der Waals surface area contributed by atoms with E-state index < -0.39 is 11.6 Å². The molecule has 0 atom stereocenters. The molecule has 1 aromatic rings. The predicted molar refractivity (Wildman–Crippen MR) is 36.9 cm³/mol. The number of benzene rings is 1. The first-order chi connectivity index (χ1) is 5.70. The van der Waals surface area contributed by atoms with Gasteiger partial charge in [-0.2, -0.15) is 8.78 Å². The summed E-state index contributed by atoms with van der Waals surface area (Å²) < 4.78 is 35.3. The van der Waals surface area contributed by atoms with Gasteiger partial charge in [-0.15, -0.1) is 0 Å². The first kappa shape index (κ1) is 7.34. The van der Waals surface area contributed by atoms with E-state index >= 15 is 0 Å². The Morgan fingerprint density at radius 3 is 2.75 bits per heavy atom. The van der Waals surface area contributed by atoms with Crippen LogP contribution in [0.1, 0.15) is 5.56 Å². The quantitative estimate of drug-likeness (QED) is 0.593. The van der Waals surface area contributed by atoms with Crippen molar-refractivity contribution >= 4 is 0 Å². The highest BCUT2D eigenvalue weighted by Gasteiger charge is 2.22. The smallest absolute Gasteiger partial charge is 0.231 e. The zero-order valence-corrected chi connectivity index (χ0v) is 6.06. The van der Waals surface area contributed by atoms with Gasteiger partial charge in [0.1, 0.15) is 0 Å². The molecule has 12 heavy (non-hydrogen) atoms. The zero-order chi connectivity index (χ0) is 8.72. The van der Waals surface area contributed by atoms with Gasteiger partial charge in [-0.3, -0.25) is 0 Å². The fourth-order valence-corrected chi connectivity index (χ4v) is 1.05. The monoisotopic (exact) mass is 171 g/mol. The Balaban J connectivity index is 2.74. The molecule has 1 aromatic carbocycles. The number of hydrogen-bond donors (Lipinski definition) is 0. The van der Waals surface area contributed by atoms with E-state index in [1.165, 1.54) is 6.07 Å². The fourth-order valence-electron chi connectivity index (χ4n) is 1.05. The Kier molecular flexibility index (Phi) is 1.43. The maximum atomic E-state index is 12.9. The molecule has 0 saturated carbocycles. The Morgan fingerprint density at radius 1 is 1.25 bits per heavy atom. The summed E-state index contributed by atoms with van der Waals surface area (Å²) >= 11 is 0. The van der Waals surface area contributed by atoms with Gasteiger partial charge in [-0.1, -0.05) is 0 Å². The highest BCUT2D eigenvalue weighted by Crippen LogP contribution is 2.33. The van der Waals surface area contributed by atoms with Gasteiger partial charge < -0.3 is 9.47 Å². The van der Waals surface area contributed by atoms with E-state index in [9.17, 15) is 8.78 Å². The normalized spacial score (nSPS) is 13.6. The van der Waals surface area contributed by atoms with Gasteiger partial charge in [0.2, 0.25) is 18.4 Å². The van der Waals surface area contributed by atoms with Crippen LogP contribution in [0.3, 0.4) is 0 Å². The minimum Gasteiger partial charge on any atom is -0.454 e. The van der Waals surface area contributed by atoms with Crippen molar-refractivity contribution in [2.45, 2.75) is 0 Å². The lowest BCUT2D eigenvalue weighted by molar-refractivity contribution is 0.123. The lowest BCUT2D eigenvalue weighted by Gasteiger charge is -2.01. The molecular weight excluding hydrogens is 166 g/mol. The summed E-state index contributed by atoms with van der Waals surface area (Å²) in [6, 6.07) is 1.31. The molecule has 2 aliphatic heterocycles. The van der Waals surface area contributed by atoms with E-state index in [-0.39, 0.29) is 18.3 Å². The summed E-state index contributed by atoms with van der Waals surface area (Å²) in [6.45, 7) is 3.30. The first-order valence-corrected chi connectivity index (χ1v) is 3.29. The van der Waals surface area contributed by atoms with Gasteiger partial charge in [0.25, 0.3) is 0 Å². The molecule has 0 aromatic heterocycles. The SMILES string of the molecule is [CH2]c1cc2c(F)c(F)c1OCO2. The zero-order valence-electron chi connectivity index (χ0n) is 6.06. The molecule has 4 heteroatoms. The lowest BCUT2D eigenvalue weighted by Crippen LogP contribution is -2.01. The van der Waals surface area contributed by atoms with Crippen LogP contribution in [-0.4, -0.2) is 6.79 Å². The molecule has 2 bridgehead atoms. The molecule has 0 unspecified atom stereocenters. The third-order valence-electron chi connectivity index (χ3n) is 1.62. The average Bonchev–Trinajstić information content (AvgIpc) is 2.29.